The van der Waals surface area contributed by atoms with E-state index in [0.717, 1.165) is 44.3 Å². The third kappa shape index (κ3) is 2.09. The molecule has 1 amide bonds. The van der Waals surface area contributed by atoms with Crippen LogP contribution >= 0.6 is 11.6 Å². The van der Waals surface area contributed by atoms with Crippen molar-refractivity contribution in [3.8, 4) is 0 Å². The number of amides is 1. The largest absolute Gasteiger partial charge is 0.393 e. The van der Waals surface area contributed by atoms with Crippen LogP contribution in [0.3, 0.4) is 0 Å². The summed E-state index contributed by atoms with van der Waals surface area (Å²) in [7, 11) is 0. The van der Waals surface area contributed by atoms with Gasteiger partial charge in [-0.15, -0.1) is 0 Å². The minimum absolute atomic E-state index is 0.210. The van der Waals surface area contributed by atoms with Crippen LogP contribution in [-0.2, 0) is 10.2 Å². The van der Waals surface area contributed by atoms with Crippen LogP contribution in [0.2, 0.25) is 5.02 Å². The molecule has 21 heavy (non-hydrogen) atoms. The summed E-state index contributed by atoms with van der Waals surface area (Å²) < 4.78 is 0. The van der Waals surface area contributed by atoms with Crippen molar-refractivity contribution in [2.45, 2.75) is 37.2 Å². The van der Waals surface area contributed by atoms with Crippen LogP contribution in [-0.4, -0.2) is 35.1 Å². The highest BCUT2D eigenvalue weighted by molar-refractivity contribution is 6.30. The highest BCUT2D eigenvalue weighted by Gasteiger charge is 2.55. The summed E-state index contributed by atoms with van der Waals surface area (Å²) in [6, 6.07) is 7.71. The van der Waals surface area contributed by atoms with Gasteiger partial charge in [0, 0.05) is 24.0 Å². The topological polar surface area (TPSA) is 40.5 Å². The fourth-order valence-electron chi connectivity index (χ4n) is 4.23. The van der Waals surface area contributed by atoms with Crippen LogP contribution in [0.4, 0.5) is 0 Å². The molecule has 1 N–H and O–H groups in total. The van der Waals surface area contributed by atoms with Gasteiger partial charge >= 0.3 is 0 Å². The molecule has 0 spiro atoms. The Bertz CT molecular complexity index is 567. The molecule has 1 aliphatic heterocycles. The first kappa shape index (κ1) is 13.6. The quantitative estimate of drug-likeness (QED) is 0.912. The summed E-state index contributed by atoms with van der Waals surface area (Å²) in [5.74, 6) is 1.06. The molecule has 3 aliphatic rings. The fourth-order valence-corrected chi connectivity index (χ4v) is 4.35. The lowest BCUT2D eigenvalue weighted by Gasteiger charge is -2.24. The third-order valence-electron chi connectivity index (χ3n) is 5.66. The van der Waals surface area contributed by atoms with Crippen LogP contribution < -0.4 is 0 Å². The Hall–Kier alpha value is -1.06. The maximum absolute atomic E-state index is 13.0. The molecule has 112 valence electrons. The van der Waals surface area contributed by atoms with Crippen LogP contribution in [0, 0.1) is 11.8 Å². The Morgan fingerprint density at radius 1 is 1.19 bits per heavy atom. The number of carbonyl (C=O) groups is 1. The van der Waals surface area contributed by atoms with Crippen molar-refractivity contribution >= 4 is 17.5 Å². The molecule has 0 aromatic heterocycles. The van der Waals surface area contributed by atoms with Gasteiger partial charge in [0.15, 0.2) is 0 Å². The summed E-state index contributed by atoms with van der Waals surface area (Å²) in [5.41, 5.74) is 0.781. The maximum Gasteiger partial charge on any atom is 0.233 e. The number of hydrogen-bond donors (Lipinski definition) is 1. The average molecular weight is 306 g/mol. The molecule has 3 atom stereocenters. The van der Waals surface area contributed by atoms with Crippen molar-refractivity contribution in [2.24, 2.45) is 11.8 Å². The van der Waals surface area contributed by atoms with Crippen molar-refractivity contribution < 1.29 is 9.90 Å². The molecule has 3 fully saturated rings. The molecule has 4 heteroatoms. The molecule has 1 heterocycles. The number of rotatable bonds is 2. The second-order valence-corrected chi connectivity index (χ2v) is 7.30. The zero-order valence-electron chi connectivity index (χ0n) is 12.0. The molecular weight excluding hydrogens is 286 g/mol. The second kappa shape index (κ2) is 4.72. The number of fused-ring (bicyclic) bond motifs is 1. The number of likely N-dealkylation sites (tertiary alicyclic amines) is 1. The van der Waals surface area contributed by atoms with E-state index in [1.165, 1.54) is 0 Å². The minimum Gasteiger partial charge on any atom is -0.393 e. The van der Waals surface area contributed by atoms with Crippen LogP contribution in [0.5, 0.6) is 0 Å². The monoisotopic (exact) mass is 305 g/mol. The second-order valence-electron chi connectivity index (χ2n) is 6.87. The predicted octanol–water partition coefficient (Wildman–Crippen LogP) is 2.60. The number of benzene rings is 1. The van der Waals surface area contributed by atoms with Crippen molar-refractivity contribution in [1.82, 2.24) is 4.90 Å². The van der Waals surface area contributed by atoms with Gasteiger partial charge in [-0.3, -0.25) is 4.79 Å². The molecule has 2 aliphatic carbocycles. The molecule has 1 aromatic rings. The van der Waals surface area contributed by atoms with Gasteiger partial charge in [0.25, 0.3) is 0 Å². The molecular formula is C17H20ClNO2. The zero-order chi connectivity index (χ0) is 14.6. The lowest BCUT2D eigenvalue weighted by atomic mass is 9.94. The van der Waals surface area contributed by atoms with Crippen molar-refractivity contribution in [3.05, 3.63) is 34.9 Å². The summed E-state index contributed by atoms with van der Waals surface area (Å²) in [6.45, 7) is 1.57. The van der Waals surface area contributed by atoms with E-state index in [9.17, 15) is 9.90 Å². The van der Waals surface area contributed by atoms with Gasteiger partial charge in [-0.1, -0.05) is 23.7 Å². The SMILES string of the molecule is O=C(N1CC2CCC(O)C2C1)C1(c2ccc(Cl)cc2)CC1. The highest BCUT2D eigenvalue weighted by atomic mass is 35.5. The van der Waals surface area contributed by atoms with Crippen molar-refractivity contribution in [1.29, 1.82) is 0 Å². The molecule has 3 unspecified atom stereocenters. The standard InChI is InChI=1S/C17H20ClNO2/c18-13-4-2-12(3-5-13)17(7-8-17)16(21)19-9-11-1-6-15(20)14(11)10-19/h2-5,11,14-15,20H,1,6-10H2. The average Bonchev–Trinajstić information content (AvgIpc) is 3.06. The van der Waals surface area contributed by atoms with Gasteiger partial charge in [-0.2, -0.15) is 0 Å². The van der Waals surface area contributed by atoms with E-state index in [1.54, 1.807) is 0 Å². The Labute approximate surface area is 129 Å². The number of aliphatic hydroxyl groups excluding tert-OH is 1. The number of halogens is 1. The smallest absolute Gasteiger partial charge is 0.233 e. The Morgan fingerprint density at radius 2 is 1.90 bits per heavy atom. The lowest BCUT2D eigenvalue weighted by Crippen LogP contribution is -2.39. The van der Waals surface area contributed by atoms with Gasteiger partial charge in [-0.05, 0) is 49.3 Å². The minimum atomic E-state index is -0.311. The van der Waals surface area contributed by atoms with E-state index in [4.69, 9.17) is 11.6 Å². The maximum atomic E-state index is 13.0. The van der Waals surface area contributed by atoms with Gasteiger partial charge < -0.3 is 10.0 Å². The Kier molecular flexibility index (Phi) is 3.05. The molecule has 4 rings (SSSR count). The summed E-state index contributed by atoms with van der Waals surface area (Å²) in [5, 5.41) is 10.7. The number of carbonyl (C=O) groups excluding carboxylic acids is 1. The van der Waals surface area contributed by atoms with E-state index >= 15 is 0 Å². The van der Waals surface area contributed by atoms with Gasteiger partial charge in [0.05, 0.1) is 11.5 Å². The number of nitrogens with zero attached hydrogens (tertiary/aromatic N) is 1. The van der Waals surface area contributed by atoms with Crippen molar-refractivity contribution in [2.75, 3.05) is 13.1 Å². The van der Waals surface area contributed by atoms with E-state index in [-0.39, 0.29) is 17.4 Å². The van der Waals surface area contributed by atoms with Crippen molar-refractivity contribution in [3.63, 3.8) is 0 Å². The lowest BCUT2D eigenvalue weighted by molar-refractivity contribution is -0.133. The molecule has 3 nitrogen and oxygen atoms in total. The predicted molar refractivity (Wildman–Crippen MR) is 81.2 cm³/mol. The summed E-state index contributed by atoms with van der Waals surface area (Å²) in [6.07, 6.45) is 3.62. The van der Waals surface area contributed by atoms with E-state index in [0.29, 0.717) is 16.9 Å². The van der Waals surface area contributed by atoms with E-state index in [2.05, 4.69) is 0 Å². The Morgan fingerprint density at radius 3 is 2.52 bits per heavy atom. The van der Waals surface area contributed by atoms with Gasteiger partial charge in [0.2, 0.25) is 5.91 Å². The van der Waals surface area contributed by atoms with E-state index in [1.807, 2.05) is 29.2 Å². The third-order valence-corrected chi connectivity index (χ3v) is 5.91. The Balaban J connectivity index is 1.54. The van der Waals surface area contributed by atoms with Crippen LogP contribution in [0.1, 0.15) is 31.2 Å². The molecule has 2 saturated carbocycles. The first-order chi connectivity index (χ1) is 10.1. The van der Waals surface area contributed by atoms with Crippen LogP contribution in [0.25, 0.3) is 0 Å². The molecule has 0 radical (unpaired) electrons. The molecule has 1 saturated heterocycles. The normalized spacial score (nSPS) is 33.0. The molecule has 0 bridgehead atoms. The zero-order valence-corrected chi connectivity index (χ0v) is 12.7. The van der Waals surface area contributed by atoms with Gasteiger partial charge in [-0.25, -0.2) is 0 Å². The summed E-state index contributed by atoms with van der Waals surface area (Å²) >= 11 is 5.95. The highest BCUT2D eigenvalue weighted by Crippen LogP contribution is 2.51. The van der Waals surface area contributed by atoms with Crippen LogP contribution in [0.15, 0.2) is 24.3 Å². The molecule has 1 aromatic carbocycles. The van der Waals surface area contributed by atoms with E-state index < -0.39 is 0 Å². The fraction of sp³-hybridized carbons (Fsp3) is 0.588. The first-order valence-corrected chi connectivity index (χ1v) is 8.21. The first-order valence-electron chi connectivity index (χ1n) is 7.84. The van der Waals surface area contributed by atoms with Gasteiger partial charge in [0.1, 0.15) is 0 Å². The summed E-state index contributed by atoms with van der Waals surface area (Å²) in [4.78, 5) is 15.0. The number of aliphatic hydroxyl groups is 1. The number of hydrogen-bond acceptors (Lipinski definition) is 2.